The van der Waals surface area contributed by atoms with Crippen LogP contribution in [0, 0.1) is 0 Å². The molecule has 0 aliphatic rings. The fraction of sp³-hybridized carbons (Fsp3) is 0.667. The Morgan fingerprint density at radius 2 is 2.25 bits per heavy atom. The molecule has 2 N–H and O–H groups in total. The normalized spacial score (nSPS) is 11.9. The van der Waals surface area contributed by atoms with Gasteiger partial charge in [-0.3, -0.25) is 0 Å². The second-order valence-electron chi connectivity index (χ2n) is 3.27. The minimum absolute atomic E-state index is 0.100. The summed E-state index contributed by atoms with van der Waals surface area (Å²) in [7, 11) is -1.68. The molecule has 1 aromatic heterocycles. The highest BCUT2D eigenvalue weighted by molar-refractivity contribution is 7.89. The standard InChI is InChI=1S/C9H17N3O2S2/c1-3-9-12-7-8(15-9)6-11-4-5-16(13,14)10-2/h7,10-11H,3-6H2,1-2H3. The first-order valence-electron chi connectivity index (χ1n) is 5.13. The number of rotatable bonds is 7. The van der Waals surface area contributed by atoms with Crippen molar-refractivity contribution in [1.29, 1.82) is 0 Å². The van der Waals surface area contributed by atoms with Gasteiger partial charge in [0, 0.05) is 24.2 Å². The molecular formula is C9H17N3O2S2. The lowest BCUT2D eigenvalue weighted by Crippen LogP contribution is -2.29. The van der Waals surface area contributed by atoms with Crippen LogP contribution in [0.1, 0.15) is 16.8 Å². The summed E-state index contributed by atoms with van der Waals surface area (Å²) in [5.74, 6) is 0.100. The number of thiazole rings is 1. The maximum absolute atomic E-state index is 11.1. The van der Waals surface area contributed by atoms with Crippen LogP contribution in [0.2, 0.25) is 0 Å². The Morgan fingerprint density at radius 3 is 2.81 bits per heavy atom. The van der Waals surface area contributed by atoms with Gasteiger partial charge in [-0.1, -0.05) is 6.92 Å². The van der Waals surface area contributed by atoms with E-state index < -0.39 is 10.0 Å². The van der Waals surface area contributed by atoms with Crippen LogP contribution < -0.4 is 10.0 Å². The maximum Gasteiger partial charge on any atom is 0.212 e. The quantitative estimate of drug-likeness (QED) is 0.696. The topological polar surface area (TPSA) is 71.1 Å². The van der Waals surface area contributed by atoms with Gasteiger partial charge in [-0.15, -0.1) is 11.3 Å². The number of nitrogens with one attached hydrogen (secondary N) is 2. The molecule has 5 nitrogen and oxygen atoms in total. The van der Waals surface area contributed by atoms with E-state index >= 15 is 0 Å². The van der Waals surface area contributed by atoms with Crippen molar-refractivity contribution in [2.45, 2.75) is 19.9 Å². The molecule has 0 amide bonds. The summed E-state index contributed by atoms with van der Waals surface area (Å²) in [4.78, 5) is 5.36. The summed E-state index contributed by atoms with van der Waals surface area (Å²) in [5.41, 5.74) is 0. The van der Waals surface area contributed by atoms with Gasteiger partial charge in [-0.2, -0.15) is 0 Å². The molecule has 0 saturated carbocycles. The van der Waals surface area contributed by atoms with E-state index in [0.29, 0.717) is 13.1 Å². The van der Waals surface area contributed by atoms with Gasteiger partial charge in [-0.05, 0) is 13.5 Å². The molecular weight excluding hydrogens is 246 g/mol. The van der Waals surface area contributed by atoms with Crippen molar-refractivity contribution in [3.05, 3.63) is 16.1 Å². The van der Waals surface area contributed by atoms with E-state index in [0.717, 1.165) is 16.3 Å². The van der Waals surface area contributed by atoms with E-state index in [-0.39, 0.29) is 5.75 Å². The number of nitrogens with zero attached hydrogens (tertiary/aromatic N) is 1. The van der Waals surface area contributed by atoms with Crippen LogP contribution in [0.15, 0.2) is 6.20 Å². The van der Waals surface area contributed by atoms with Crippen LogP contribution in [0.25, 0.3) is 0 Å². The van der Waals surface area contributed by atoms with Gasteiger partial charge >= 0.3 is 0 Å². The van der Waals surface area contributed by atoms with Gasteiger partial charge in [0.1, 0.15) is 0 Å². The predicted octanol–water partition coefficient (Wildman–Crippen LogP) is 0.344. The third kappa shape index (κ3) is 4.56. The van der Waals surface area contributed by atoms with E-state index in [2.05, 4.69) is 21.9 Å². The van der Waals surface area contributed by atoms with Crippen molar-refractivity contribution < 1.29 is 8.42 Å². The average Bonchev–Trinajstić information content (AvgIpc) is 2.72. The SMILES string of the molecule is CCc1ncc(CNCCS(=O)(=O)NC)s1. The molecule has 7 heteroatoms. The second-order valence-corrected chi connectivity index (χ2v) is 6.52. The van der Waals surface area contributed by atoms with Gasteiger partial charge in [0.25, 0.3) is 0 Å². The highest BCUT2D eigenvalue weighted by Gasteiger charge is 2.06. The zero-order valence-corrected chi connectivity index (χ0v) is 11.1. The Balaban J connectivity index is 2.26. The third-order valence-corrected chi connectivity index (χ3v) is 4.57. The molecule has 0 aliphatic carbocycles. The number of hydrogen-bond acceptors (Lipinski definition) is 5. The summed E-state index contributed by atoms with van der Waals surface area (Å²) in [6.45, 7) is 3.19. The Kier molecular flexibility index (Phi) is 5.33. The molecule has 1 rings (SSSR count). The Morgan fingerprint density at radius 1 is 1.50 bits per heavy atom. The molecule has 1 heterocycles. The number of sulfonamides is 1. The highest BCUT2D eigenvalue weighted by Crippen LogP contribution is 2.12. The lowest BCUT2D eigenvalue weighted by Gasteiger charge is -2.03. The van der Waals surface area contributed by atoms with Gasteiger partial charge in [0.15, 0.2) is 0 Å². The molecule has 0 saturated heterocycles. The first-order chi connectivity index (χ1) is 7.57. The Hall–Kier alpha value is -0.500. The summed E-state index contributed by atoms with van der Waals surface area (Å²) in [6.07, 6.45) is 2.78. The van der Waals surface area contributed by atoms with Gasteiger partial charge in [0.2, 0.25) is 10.0 Å². The molecule has 0 spiro atoms. The van der Waals surface area contributed by atoms with Gasteiger partial charge < -0.3 is 5.32 Å². The fourth-order valence-corrected chi connectivity index (χ4v) is 2.56. The zero-order valence-electron chi connectivity index (χ0n) is 9.49. The van der Waals surface area contributed by atoms with Gasteiger partial charge in [-0.25, -0.2) is 18.1 Å². The highest BCUT2D eigenvalue weighted by atomic mass is 32.2. The average molecular weight is 263 g/mol. The molecule has 16 heavy (non-hydrogen) atoms. The minimum Gasteiger partial charge on any atom is -0.311 e. The smallest absolute Gasteiger partial charge is 0.212 e. The second kappa shape index (κ2) is 6.29. The van der Waals surface area contributed by atoms with Crippen LogP contribution >= 0.6 is 11.3 Å². The van der Waals surface area contributed by atoms with Crippen molar-refractivity contribution in [3.63, 3.8) is 0 Å². The molecule has 0 aromatic carbocycles. The maximum atomic E-state index is 11.1. The zero-order chi connectivity index (χ0) is 12.0. The lowest BCUT2D eigenvalue weighted by molar-refractivity contribution is 0.583. The van der Waals surface area contributed by atoms with E-state index in [4.69, 9.17) is 0 Å². The van der Waals surface area contributed by atoms with Crippen LogP contribution in [0.4, 0.5) is 0 Å². The fourth-order valence-electron chi connectivity index (χ4n) is 1.11. The van der Waals surface area contributed by atoms with E-state index in [1.54, 1.807) is 11.3 Å². The monoisotopic (exact) mass is 263 g/mol. The number of aromatic nitrogens is 1. The molecule has 0 radical (unpaired) electrons. The number of aryl methyl sites for hydroxylation is 1. The van der Waals surface area contributed by atoms with Crippen molar-refractivity contribution in [2.75, 3.05) is 19.3 Å². The third-order valence-electron chi connectivity index (χ3n) is 2.06. The van der Waals surface area contributed by atoms with Crippen LogP contribution in [-0.4, -0.2) is 32.7 Å². The lowest BCUT2D eigenvalue weighted by atomic mass is 10.5. The van der Waals surface area contributed by atoms with Gasteiger partial charge in [0.05, 0.1) is 10.8 Å². The van der Waals surface area contributed by atoms with Crippen LogP contribution in [0.3, 0.4) is 0 Å². The van der Waals surface area contributed by atoms with E-state index in [1.807, 2.05) is 6.20 Å². The van der Waals surface area contributed by atoms with Crippen molar-refractivity contribution in [3.8, 4) is 0 Å². The summed E-state index contributed by atoms with van der Waals surface area (Å²) >= 11 is 1.66. The molecule has 92 valence electrons. The van der Waals surface area contributed by atoms with Crippen molar-refractivity contribution in [2.24, 2.45) is 0 Å². The molecule has 0 fully saturated rings. The molecule has 0 bridgehead atoms. The van der Waals surface area contributed by atoms with Crippen LogP contribution in [-0.2, 0) is 23.0 Å². The van der Waals surface area contributed by atoms with Crippen molar-refractivity contribution >= 4 is 21.4 Å². The van der Waals surface area contributed by atoms with E-state index in [9.17, 15) is 8.42 Å². The molecule has 0 aliphatic heterocycles. The Labute approximate surface area is 100 Å². The first kappa shape index (κ1) is 13.6. The molecule has 1 aromatic rings. The van der Waals surface area contributed by atoms with Crippen LogP contribution in [0.5, 0.6) is 0 Å². The summed E-state index contributed by atoms with van der Waals surface area (Å²) in [5, 5.41) is 4.19. The molecule has 0 atom stereocenters. The largest absolute Gasteiger partial charge is 0.311 e. The minimum atomic E-state index is -3.10. The first-order valence-corrected chi connectivity index (χ1v) is 7.59. The Bertz CT molecular complexity index is 414. The number of hydrogen-bond donors (Lipinski definition) is 2. The molecule has 0 unspecified atom stereocenters. The summed E-state index contributed by atoms with van der Waals surface area (Å²) in [6, 6.07) is 0. The summed E-state index contributed by atoms with van der Waals surface area (Å²) < 4.78 is 24.5. The van der Waals surface area contributed by atoms with Crippen molar-refractivity contribution in [1.82, 2.24) is 15.0 Å². The predicted molar refractivity (Wildman–Crippen MR) is 66.0 cm³/mol. The van der Waals surface area contributed by atoms with E-state index in [1.165, 1.54) is 7.05 Å².